The second-order valence-electron chi connectivity index (χ2n) is 1.85. The summed E-state index contributed by atoms with van der Waals surface area (Å²) >= 11 is 5.64. The molecule has 0 aromatic carbocycles. The third-order valence-corrected chi connectivity index (χ3v) is 1.37. The summed E-state index contributed by atoms with van der Waals surface area (Å²) in [6.45, 7) is 0. The van der Waals surface area contributed by atoms with Crippen molar-refractivity contribution in [3.8, 4) is 5.88 Å². The number of aromatic nitrogens is 1. The largest absolute Gasteiger partial charge is 0.479 e. The summed E-state index contributed by atoms with van der Waals surface area (Å²) in [5.41, 5.74) is 2.98. The van der Waals surface area contributed by atoms with Gasteiger partial charge in [-0.15, -0.1) is 0 Å². The van der Waals surface area contributed by atoms with Crippen LogP contribution in [0.2, 0.25) is 5.02 Å². The van der Waals surface area contributed by atoms with Gasteiger partial charge in [0.2, 0.25) is 5.88 Å². The molecule has 1 rings (SSSR count). The highest BCUT2D eigenvalue weighted by molar-refractivity contribution is 6.30. The van der Waals surface area contributed by atoms with Gasteiger partial charge in [-0.2, -0.15) is 0 Å². The van der Waals surface area contributed by atoms with Gasteiger partial charge in [0.1, 0.15) is 5.69 Å². The Balaban J connectivity index is 3.06. The molecule has 1 heterocycles. The van der Waals surface area contributed by atoms with E-state index in [4.69, 9.17) is 22.2 Å². The molecule has 0 saturated carbocycles. The van der Waals surface area contributed by atoms with Crippen molar-refractivity contribution in [2.45, 2.75) is 0 Å². The molecule has 1 aromatic heterocycles. The summed E-state index contributed by atoms with van der Waals surface area (Å²) in [6.07, 6.45) is 1.49. The van der Waals surface area contributed by atoms with Crippen molar-refractivity contribution >= 4 is 17.3 Å². The lowest BCUT2D eigenvalue weighted by molar-refractivity contribution is 0.400. The number of pyridine rings is 1. The first-order valence-corrected chi connectivity index (χ1v) is 3.32. The van der Waals surface area contributed by atoms with Gasteiger partial charge in [0.05, 0.1) is 12.1 Å². The van der Waals surface area contributed by atoms with E-state index in [9.17, 15) is 0 Å². The van der Waals surface area contributed by atoms with Crippen LogP contribution < -0.4 is 16.0 Å². The van der Waals surface area contributed by atoms with Gasteiger partial charge < -0.3 is 10.2 Å². The molecule has 60 valence electrons. The molecule has 0 fully saturated rings. The molecule has 0 unspecified atom stereocenters. The molecule has 11 heavy (non-hydrogen) atoms. The minimum absolute atomic E-state index is 0.428. The molecule has 1 aromatic rings. The lowest BCUT2D eigenvalue weighted by Gasteiger charge is -2.05. The molecule has 3 N–H and O–H groups in total. The summed E-state index contributed by atoms with van der Waals surface area (Å²) in [7, 11) is 1.51. The fraction of sp³-hybridized carbons (Fsp3) is 0.167. The average Bonchev–Trinajstić information content (AvgIpc) is 2.04. The van der Waals surface area contributed by atoms with Crippen LogP contribution in [-0.2, 0) is 0 Å². The average molecular weight is 174 g/mol. The standard InChI is InChI=1S/C6H8ClN3O/c1-11-6-5(10-8)2-4(7)3-9-6/h2-3,10H,8H2,1H3. The fourth-order valence-corrected chi connectivity index (χ4v) is 0.851. The monoisotopic (exact) mass is 173 g/mol. The molecular weight excluding hydrogens is 166 g/mol. The van der Waals surface area contributed by atoms with Crippen molar-refractivity contribution in [1.29, 1.82) is 0 Å². The topological polar surface area (TPSA) is 60.2 Å². The van der Waals surface area contributed by atoms with Crippen molar-refractivity contribution in [2.24, 2.45) is 5.84 Å². The van der Waals surface area contributed by atoms with Crippen LogP contribution in [-0.4, -0.2) is 12.1 Å². The number of nitrogens with two attached hydrogens (primary N) is 1. The van der Waals surface area contributed by atoms with Crippen LogP contribution in [0.25, 0.3) is 0 Å². The Bertz CT molecular complexity index is 254. The van der Waals surface area contributed by atoms with E-state index in [2.05, 4.69) is 10.4 Å². The molecule has 0 radical (unpaired) electrons. The molecule has 0 spiro atoms. The summed E-state index contributed by atoms with van der Waals surface area (Å²) in [4.78, 5) is 3.87. The van der Waals surface area contributed by atoms with Crippen LogP contribution in [0.15, 0.2) is 12.3 Å². The van der Waals surface area contributed by atoms with E-state index >= 15 is 0 Å². The number of ether oxygens (including phenoxy) is 1. The summed E-state index contributed by atoms with van der Waals surface area (Å²) in [5, 5.41) is 0.513. The zero-order valence-electron chi connectivity index (χ0n) is 5.97. The van der Waals surface area contributed by atoms with Crippen molar-refractivity contribution < 1.29 is 4.74 Å². The minimum Gasteiger partial charge on any atom is -0.479 e. The van der Waals surface area contributed by atoms with Gasteiger partial charge in [-0.25, -0.2) is 4.98 Å². The van der Waals surface area contributed by atoms with Crippen LogP contribution >= 0.6 is 11.6 Å². The molecule has 0 atom stereocenters. The molecule has 4 nitrogen and oxygen atoms in total. The van der Waals surface area contributed by atoms with Crippen molar-refractivity contribution in [3.63, 3.8) is 0 Å². The number of anilines is 1. The second kappa shape index (κ2) is 3.41. The summed E-state index contributed by atoms with van der Waals surface area (Å²) in [6, 6.07) is 1.63. The highest BCUT2D eigenvalue weighted by Crippen LogP contribution is 2.22. The van der Waals surface area contributed by atoms with Gasteiger partial charge in [-0.05, 0) is 6.07 Å². The Labute approximate surface area is 69.3 Å². The minimum atomic E-state index is 0.428. The van der Waals surface area contributed by atoms with Crippen LogP contribution in [0.3, 0.4) is 0 Å². The number of hydrogen-bond acceptors (Lipinski definition) is 4. The Kier molecular flexibility index (Phi) is 2.51. The first-order valence-electron chi connectivity index (χ1n) is 2.94. The van der Waals surface area contributed by atoms with Gasteiger partial charge in [-0.3, -0.25) is 5.84 Å². The highest BCUT2D eigenvalue weighted by Gasteiger charge is 2.01. The van der Waals surface area contributed by atoms with Crippen LogP contribution in [0, 0.1) is 0 Å². The molecule has 0 bridgehead atoms. The maximum absolute atomic E-state index is 5.64. The van der Waals surface area contributed by atoms with Crippen molar-refractivity contribution in [2.75, 3.05) is 12.5 Å². The predicted molar refractivity (Wildman–Crippen MR) is 43.6 cm³/mol. The van der Waals surface area contributed by atoms with Gasteiger partial charge in [0.15, 0.2) is 0 Å². The first-order chi connectivity index (χ1) is 5.27. The van der Waals surface area contributed by atoms with Gasteiger partial charge in [0.25, 0.3) is 0 Å². The molecule has 0 aliphatic rings. The zero-order chi connectivity index (χ0) is 8.27. The molecule has 0 amide bonds. The summed E-state index contributed by atoms with van der Waals surface area (Å²) < 4.78 is 4.88. The van der Waals surface area contributed by atoms with Crippen LogP contribution in [0.4, 0.5) is 5.69 Å². The molecule has 0 saturated heterocycles. The number of hydrogen-bond donors (Lipinski definition) is 2. The first kappa shape index (κ1) is 8.10. The van der Waals surface area contributed by atoms with E-state index in [0.717, 1.165) is 0 Å². The molecule has 5 heteroatoms. The van der Waals surface area contributed by atoms with Gasteiger partial charge >= 0.3 is 0 Å². The Hall–Kier alpha value is -1.00. The van der Waals surface area contributed by atoms with Gasteiger partial charge in [0, 0.05) is 6.20 Å². The quantitative estimate of drug-likeness (QED) is 0.518. The molecule has 0 aliphatic heterocycles. The number of halogens is 1. The van der Waals surface area contributed by atoms with E-state index in [-0.39, 0.29) is 0 Å². The number of nitrogens with one attached hydrogen (secondary N) is 1. The highest BCUT2D eigenvalue weighted by atomic mass is 35.5. The number of nitrogens with zero attached hydrogens (tertiary/aromatic N) is 1. The zero-order valence-corrected chi connectivity index (χ0v) is 6.72. The van der Waals surface area contributed by atoms with Crippen LogP contribution in [0.1, 0.15) is 0 Å². The predicted octanol–water partition coefficient (Wildman–Crippen LogP) is 1.03. The van der Waals surface area contributed by atoms with E-state index in [1.54, 1.807) is 6.07 Å². The Morgan fingerprint density at radius 3 is 3.00 bits per heavy atom. The van der Waals surface area contributed by atoms with E-state index in [1.807, 2.05) is 0 Å². The lowest BCUT2D eigenvalue weighted by atomic mass is 10.4. The van der Waals surface area contributed by atoms with Crippen molar-refractivity contribution in [3.05, 3.63) is 17.3 Å². The Morgan fingerprint density at radius 2 is 2.45 bits per heavy atom. The number of hydrazine groups is 1. The number of nitrogen functional groups attached to an aromatic ring is 1. The van der Waals surface area contributed by atoms with Crippen LogP contribution in [0.5, 0.6) is 5.88 Å². The molecule has 0 aliphatic carbocycles. The van der Waals surface area contributed by atoms with E-state index in [1.165, 1.54) is 13.3 Å². The smallest absolute Gasteiger partial charge is 0.238 e. The fourth-order valence-electron chi connectivity index (χ4n) is 0.693. The van der Waals surface area contributed by atoms with E-state index < -0.39 is 0 Å². The Morgan fingerprint density at radius 1 is 1.73 bits per heavy atom. The van der Waals surface area contributed by atoms with Crippen molar-refractivity contribution in [1.82, 2.24) is 4.98 Å². The SMILES string of the molecule is COc1ncc(Cl)cc1NN. The number of methoxy groups -OCH3 is 1. The summed E-state index contributed by atoms with van der Waals surface area (Å²) in [5.74, 6) is 5.59. The van der Waals surface area contributed by atoms with E-state index in [0.29, 0.717) is 16.6 Å². The van der Waals surface area contributed by atoms with Gasteiger partial charge in [-0.1, -0.05) is 11.6 Å². The third kappa shape index (κ3) is 1.72. The lowest BCUT2D eigenvalue weighted by Crippen LogP contribution is -2.08. The number of rotatable bonds is 2. The maximum atomic E-state index is 5.64. The maximum Gasteiger partial charge on any atom is 0.238 e. The second-order valence-corrected chi connectivity index (χ2v) is 2.29. The third-order valence-electron chi connectivity index (χ3n) is 1.17. The molecular formula is C6H8ClN3O. The normalized spacial score (nSPS) is 9.36.